The van der Waals surface area contributed by atoms with Crippen molar-refractivity contribution in [1.82, 2.24) is 5.32 Å². The number of benzene rings is 1. The second-order valence-corrected chi connectivity index (χ2v) is 6.61. The molecular formula is C15H19NO3S. The maximum absolute atomic E-state index is 12.5. The summed E-state index contributed by atoms with van der Waals surface area (Å²) in [5.74, 6) is -1.16. The Hall–Kier alpha value is -1.49. The number of carboxylic acid groups (broad SMARTS) is 1. The molecule has 4 nitrogen and oxygen atoms in total. The summed E-state index contributed by atoms with van der Waals surface area (Å²) in [4.78, 5) is 24.4. The van der Waals surface area contributed by atoms with Crippen molar-refractivity contribution >= 4 is 23.6 Å². The number of amides is 1. The fraction of sp³-hybridized carbons (Fsp3) is 0.467. The molecule has 0 spiro atoms. The van der Waals surface area contributed by atoms with Crippen molar-refractivity contribution in [3.63, 3.8) is 0 Å². The predicted molar refractivity (Wildman–Crippen MR) is 78.7 cm³/mol. The molecule has 0 bridgehead atoms. The van der Waals surface area contributed by atoms with Gasteiger partial charge in [0.05, 0.1) is 4.75 Å². The van der Waals surface area contributed by atoms with Gasteiger partial charge in [0.2, 0.25) is 5.91 Å². The molecule has 20 heavy (non-hydrogen) atoms. The largest absolute Gasteiger partial charge is 0.480 e. The van der Waals surface area contributed by atoms with Gasteiger partial charge in [0.15, 0.2) is 0 Å². The van der Waals surface area contributed by atoms with E-state index in [9.17, 15) is 9.59 Å². The Morgan fingerprint density at radius 2 is 1.85 bits per heavy atom. The Balaban J connectivity index is 2.13. The molecular weight excluding hydrogens is 274 g/mol. The van der Waals surface area contributed by atoms with Crippen LogP contribution in [-0.2, 0) is 9.59 Å². The van der Waals surface area contributed by atoms with Gasteiger partial charge in [-0.25, -0.2) is 0 Å². The first-order valence-electron chi connectivity index (χ1n) is 6.81. The predicted octanol–water partition coefficient (Wildman–Crippen LogP) is 2.68. The summed E-state index contributed by atoms with van der Waals surface area (Å²) in [6.45, 7) is 1.50. The number of aliphatic carboxylic acids is 1. The molecule has 0 aliphatic heterocycles. The summed E-state index contributed by atoms with van der Waals surface area (Å²) < 4.78 is -0.523. The van der Waals surface area contributed by atoms with Gasteiger partial charge >= 0.3 is 5.97 Å². The second kappa shape index (κ2) is 6.31. The van der Waals surface area contributed by atoms with Gasteiger partial charge in [-0.15, -0.1) is 11.8 Å². The molecule has 0 radical (unpaired) electrons. The normalized spacial score (nSPS) is 18.4. The number of carbonyl (C=O) groups is 2. The molecule has 1 aromatic rings. The molecule has 0 saturated heterocycles. The molecule has 1 aromatic carbocycles. The first-order valence-corrected chi connectivity index (χ1v) is 7.63. The number of rotatable bonds is 5. The van der Waals surface area contributed by atoms with Gasteiger partial charge in [-0.05, 0) is 31.9 Å². The van der Waals surface area contributed by atoms with Gasteiger partial charge in [-0.1, -0.05) is 31.0 Å². The Morgan fingerprint density at radius 1 is 1.25 bits per heavy atom. The highest BCUT2D eigenvalue weighted by Gasteiger charge is 2.42. The standard InChI is InChI=1S/C15H19NO3S/c1-11(13(17)18)16-14(19)15(9-5-6-10-15)20-12-7-3-2-4-8-12/h2-4,7-8,11H,5-6,9-10H2,1H3,(H,16,19)(H,17,18). The number of nitrogens with one attached hydrogen (secondary N) is 1. The Bertz CT molecular complexity index is 483. The van der Waals surface area contributed by atoms with Crippen LogP contribution in [0.25, 0.3) is 0 Å². The molecule has 1 aliphatic carbocycles. The quantitative estimate of drug-likeness (QED) is 0.876. The lowest BCUT2D eigenvalue weighted by atomic mass is 10.1. The molecule has 2 rings (SSSR count). The Labute approximate surface area is 123 Å². The molecule has 0 heterocycles. The highest BCUT2D eigenvalue weighted by molar-refractivity contribution is 8.01. The van der Waals surface area contributed by atoms with E-state index in [1.54, 1.807) is 11.8 Å². The zero-order valence-corrected chi connectivity index (χ0v) is 12.3. The molecule has 1 unspecified atom stereocenters. The maximum Gasteiger partial charge on any atom is 0.325 e. The van der Waals surface area contributed by atoms with Gasteiger partial charge in [-0.2, -0.15) is 0 Å². The topological polar surface area (TPSA) is 66.4 Å². The van der Waals surface area contributed by atoms with Crippen LogP contribution < -0.4 is 5.32 Å². The molecule has 108 valence electrons. The van der Waals surface area contributed by atoms with Crippen molar-refractivity contribution in [3.05, 3.63) is 30.3 Å². The third kappa shape index (κ3) is 3.33. The molecule has 5 heteroatoms. The monoisotopic (exact) mass is 293 g/mol. The number of hydrogen-bond donors (Lipinski definition) is 2. The summed E-state index contributed by atoms with van der Waals surface area (Å²) in [5, 5.41) is 11.5. The second-order valence-electron chi connectivity index (χ2n) is 5.15. The van der Waals surface area contributed by atoms with Crippen LogP contribution in [0.15, 0.2) is 35.2 Å². The first kappa shape index (κ1) is 14.9. The average molecular weight is 293 g/mol. The van der Waals surface area contributed by atoms with Gasteiger partial charge < -0.3 is 10.4 Å². The zero-order chi connectivity index (χ0) is 14.6. The Morgan fingerprint density at radius 3 is 2.40 bits per heavy atom. The summed E-state index contributed by atoms with van der Waals surface area (Å²) in [6.07, 6.45) is 3.61. The fourth-order valence-electron chi connectivity index (χ4n) is 2.43. The van der Waals surface area contributed by atoms with E-state index in [-0.39, 0.29) is 5.91 Å². The summed E-state index contributed by atoms with van der Waals surface area (Å²) in [5.41, 5.74) is 0. The Kier molecular flexibility index (Phi) is 4.70. The summed E-state index contributed by atoms with van der Waals surface area (Å²) in [6, 6.07) is 8.96. The highest BCUT2D eigenvalue weighted by atomic mass is 32.2. The van der Waals surface area contributed by atoms with Crippen LogP contribution in [0.1, 0.15) is 32.6 Å². The minimum absolute atomic E-state index is 0.154. The van der Waals surface area contributed by atoms with Crippen LogP contribution in [0.5, 0.6) is 0 Å². The van der Waals surface area contributed by atoms with Crippen molar-refractivity contribution in [2.24, 2.45) is 0 Å². The third-order valence-corrected chi connectivity index (χ3v) is 5.09. The van der Waals surface area contributed by atoms with E-state index < -0.39 is 16.8 Å². The first-order chi connectivity index (χ1) is 9.53. The molecule has 1 aliphatic rings. The van der Waals surface area contributed by atoms with Gasteiger partial charge in [0, 0.05) is 4.90 Å². The third-order valence-electron chi connectivity index (χ3n) is 3.60. The van der Waals surface area contributed by atoms with E-state index in [1.807, 2.05) is 30.3 Å². The SMILES string of the molecule is CC(NC(=O)C1(Sc2ccccc2)CCCC1)C(=O)O. The fourth-order valence-corrected chi connectivity index (χ4v) is 3.81. The number of hydrogen-bond acceptors (Lipinski definition) is 3. The summed E-state index contributed by atoms with van der Waals surface area (Å²) >= 11 is 1.56. The maximum atomic E-state index is 12.5. The summed E-state index contributed by atoms with van der Waals surface area (Å²) in [7, 11) is 0. The van der Waals surface area contributed by atoms with E-state index in [0.29, 0.717) is 0 Å². The van der Waals surface area contributed by atoms with Crippen molar-refractivity contribution < 1.29 is 14.7 Å². The van der Waals surface area contributed by atoms with Gasteiger partial charge in [0.25, 0.3) is 0 Å². The smallest absolute Gasteiger partial charge is 0.325 e. The molecule has 0 aromatic heterocycles. The zero-order valence-electron chi connectivity index (χ0n) is 11.5. The van der Waals surface area contributed by atoms with E-state index in [4.69, 9.17) is 5.11 Å². The van der Waals surface area contributed by atoms with Crippen LogP contribution >= 0.6 is 11.8 Å². The van der Waals surface area contributed by atoms with Crippen LogP contribution in [-0.4, -0.2) is 27.8 Å². The van der Waals surface area contributed by atoms with E-state index in [0.717, 1.165) is 30.6 Å². The lowest BCUT2D eigenvalue weighted by Gasteiger charge is -2.28. The van der Waals surface area contributed by atoms with Crippen molar-refractivity contribution in [2.45, 2.75) is 48.3 Å². The van der Waals surface area contributed by atoms with Gasteiger partial charge in [0.1, 0.15) is 6.04 Å². The van der Waals surface area contributed by atoms with Crippen LogP contribution in [0, 0.1) is 0 Å². The van der Waals surface area contributed by atoms with Crippen LogP contribution in [0.3, 0.4) is 0 Å². The van der Waals surface area contributed by atoms with Crippen LogP contribution in [0.4, 0.5) is 0 Å². The molecule has 1 atom stereocenters. The lowest BCUT2D eigenvalue weighted by Crippen LogP contribution is -2.48. The number of carboxylic acids is 1. The van der Waals surface area contributed by atoms with E-state index in [1.165, 1.54) is 6.92 Å². The minimum atomic E-state index is -1.00. The van der Waals surface area contributed by atoms with Crippen molar-refractivity contribution in [2.75, 3.05) is 0 Å². The lowest BCUT2D eigenvalue weighted by molar-refractivity contribution is -0.141. The van der Waals surface area contributed by atoms with Crippen molar-refractivity contribution in [3.8, 4) is 0 Å². The molecule has 1 saturated carbocycles. The van der Waals surface area contributed by atoms with Gasteiger partial charge in [-0.3, -0.25) is 9.59 Å². The average Bonchev–Trinajstić information content (AvgIpc) is 2.89. The van der Waals surface area contributed by atoms with Crippen molar-refractivity contribution in [1.29, 1.82) is 0 Å². The molecule has 1 fully saturated rings. The van der Waals surface area contributed by atoms with E-state index >= 15 is 0 Å². The van der Waals surface area contributed by atoms with Crippen LogP contribution in [0.2, 0.25) is 0 Å². The highest BCUT2D eigenvalue weighted by Crippen LogP contribution is 2.45. The number of thioether (sulfide) groups is 1. The minimum Gasteiger partial charge on any atom is -0.480 e. The van der Waals surface area contributed by atoms with E-state index in [2.05, 4.69) is 5.32 Å². The molecule has 1 amide bonds. The molecule has 2 N–H and O–H groups in total. The number of carbonyl (C=O) groups excluding carboxylic acids is 1.